The monoisotopic (exact) mass is 500 g/mol. The van der Waals surface area contributed by atoms with Crippen LogP contribution in [0.5, 0.6) is 0 Å². The van der Waals surface area contributed by atoms with Crippen molar-refractivity contribution < 1.29 is 54.5 Å². The molecule has 2 heterocycles. The minimum atomic E-state index is -7.15. The van der Waals surface area contributed by atoms with E-state index in [1.165, 1.54) is 12.4 Å². The average Bonchev–Trinajstić information content (AvgIpc) is 3.14. The summed E-state index contributed by atoms with van der Waals surface area (Å²) in [6, 6.07) is 0. The number of hydrogen-bond acceptors (Lipinski definition) is 6. The standard InChI is InChI=1S/2C4H7N2.C4H8.Mo.HO3P.3O.V/c2*1-6-3-2-5-4-6;1-3-4-2;;1-4(2)3;;;;/h2*2-3H,4H2,1H3;1H,3-4H2,2H3;;(H-,1,2,3);;;;/q2*-1;;-1;;;;;+2/p+1. The van der Waals surface area contributed by atoms with Crippen LogP contribution in [0.25, 0.3) is 0 Å². The molecular formula is C12H24MoN4O6PV. The molecule has 0 saturated heterocycles. The van der Waals surface area contributed by atoms with E-state index in [4.69, 9.17) is 2.32 Å². The van der Waals surface area contributed by atoms with Gasteiger partial charge in [0.05, 0.1) is 0 Å². The molecule has 2 aliphatic heterocycles. The van der Waals surface area contributed by atoms with Gasteiger partial charge in [-0.3, -0.25) is 0 Å². The molecule has 2 aliphatic rings. The van der Waals surface area contributed by atoms with Crippen LogP contribution in [0, 0.1) is 0 Å². The molecule has 0 aromatic heterocycles. The first kappa shape index (κ1) is 20.8. The molecule has 0 fully saturated rings. The molecule has 2 N–H and O–H groups in total. The first-order valence-electron chi connectivity index (χ1n) is 7.61. The van der Waals surface area contributed by atoms with Gasteiger partial charge in [0.2, 0.25) is 0 Å². The normalized spacial score (nSPS) is 19.6. The van der Waals surface area contributed by atoms with E-state index in [0.717, 1.165) is 12.2 Å². The summed E-state index contributed by atoms with van der Waals surface area (Å²) in [5.74, 6) is 0. The van der Waals surface area contributed by atoms with Crippen molar-refractivity contribution >= 4 is 10.4 Å². The fraction of sp³-hybridized carbons (Fsp3) is 0.583. The Labute approximate surface area is 153 Å². The average molecular weight is 498 g/mol. The molecule has 2 rings (SSSR count). The van der Waals surface area contributed by atoms with E-state index in [9.17, 15) is 21.7 Å². The van der Waals surface area contributed by atoms with Crippen molar-refractivity contribution in [2.75, 3.05) is 27.4 Å². The van der Waals surface area contributed by atoms with Gasteiger partial charge in [-0.15, -0.1) is 0 Å². The maximum atomic E-state index is 14.5. The van der Waals surface area contributed by atoms with Gasteiger partial charge in [-0.05, 0) is 0 Å². The summed E-state index contributed by atoms with van der Waals surface area (Å²) >= 11 is -9.76. The molecule has 0 spiro atoms. The molecule has 0 atom stereocenters. The van der Waals surface area contributed by atoms with E-state index in [1.807, 2.05) is 6.92 Å². The molecule has 10 nitrogen and oxygen atoms in total. The van der Waals surface area contributed by atoms with Crippen LogP contribution in [0.4, 0.5) is 0 Å². The predicted octanol–water partition coefficient (Wildman–Crippen LogP) is 0.709. The number of unbranched alkanes of at least 4 members (excludes halogenated alkanes) is 1. The van der Waals surface area contributed by atoms with Crippen molar-refractivity contribution in [3.05, 3.63) is 24.8 Å². The molecule has 0 amide bonds. The van der Waals surface area contributed by atoms with E-state index in [2.05, 4.69) is 0 Å². The van der Waals surface area contributed by atoms with Crippen molar-refractivity contribution in [2.24, 2.45) is 0 Å². The van der Waals surface area contributed by atoms with Gasteiger partial charge in [0, 0.05) is 0 Å². The number of hydrogen-bond donors (Lipinski definition) is 2. The quantitative estimate of drug-likeness (QED) is 0.385. The fourth-order valence-corrected chi connectivity index (χ4v) is 19.0. The van der Waals surface area contributed by atoms with Gasteiger partial charge in [-0.25, -0.2) is 0 Å². The molecular weight excluding hydrogens is 474 g/mol. The summed E-state index contributed by atoms with van der Waals surface area (Å²) < 4.78 is 49.1. The van der Waals surface area contributed by atoms with Crippen LogP contribution >= 0.6 is 5.69 Å². The van der Waals surface area contributed by atoms with Crippen LogP contribution in [-0.4, -0.2) is 59.2 Å². The molecule has 0 bridgehead atoms. The molecule has 25 heavy (non-hydrogen) atoms. The van der Waals surface area contributed by atoms with Crippen molar-refractivity contribution in [2.45, 2.75) is 19.8 Å². The van der Waals surface area contributed by atoms with Gasteiger partial charge in [0.1, 0.15) is 0 Å². The molecule has 13 heteroatoms. The van der Waals surface area contributed by atoms with Crippen LogP contribution in [0.15, 0.2) is 24.8 Å². The van der Waals surface area contributed by atoms with Crippen molar-refractivity contribution in [3.8, 4) is 0 Å². The second-order valence-corrected chi connectivity index (χ2v) is 20.1. The summed E-state index contributed by atoms with van der Waals surface area (Å²) in [6.45, 7) is 1.84. The molecule has 0 aromatic rings. The van der Waals surface area contributed by atoms with E-state index < -0.39 is 36.1 Å². The molecule has 144 valence electrons. The Morgan fingerprint density at radius 1 is 1.12 bits per heavy atom. The zero-order valence-corrected chi connectivity index (χ0v) is 18.6. The van der Waals surface area contributed by atoms with Gasteiger partial charge in [-0.1, -0.05) is 0 Å². The summed E-state index contributed by atoms with van der Waals surface area (Å²) in [7, 11) is 3.42. The molecule has 0 aliphatic carbocycles. The van der Waals surface area contributed by atoms with Gasteiger partial charge in [0.25, 0.3) is 0 Å². The van der Waals surface area contributed by atoms with Gasteiger partial charge >= 0.3 is 154 Å². The predicted molar refractivity (Wildman–Crippen MR) is 82.7 cm³/mol. The van der Waals surface area contributed by atoms with Crippen LogP contribution in [0.1, 0.15) is 19.8 Å². The zero-order chi connectivity index (χ0) is 19.0. The Morgan fingerprint density at radius 3 is 1.92 bits per heavy atom. The SMILES string of the molecule is CCC[CH]=[V](=[O])(=[O])([O][Mo][P](=O)(O)O)([N]1C=CN(C)C1)[N]1C=CN(C)C1. The Hall–Kier alpha value is -0.467. The second-order valence-electron chi connectivity index (χ2n) is 6.23. The first-order valence-corrected chi connectivity index (χ1v) is 16.4. The molecule has 0 radical (unpaired) electrons. The van der Waals surface area contributed by atoms with Gasteiger partial charge in [0.15, 0.2) is 0 Å². The Balaban J connectivity index is 2.73. The second kappa shape index (κ2) is 6.30. The third-order valence-corrected chi connectivity index (χ3v) is 18.0. The van der Waals surface area contributed by atoms with Crippen LogP contribution in [0.2, 0.25) is 0 Å². The van der Waals surface area contributed by atoms with Crippen molar-refractivity contribution in [1.82, 2.24) is 17.3 Å². The van der Waals surface area contributed by atoms with Crippen LogP contribution in [0.3, 0.4) is 0 Å². The molecule has 0 aromatic carbocycles. The summed E-state index contributed by atoms with van der Waals surface area (Å²) in [5.41, 5.74) is -4.59. The van der Waals surface area contributed by atoms with Crippen molar-refractivity contribution in [3.63, 3.8) is 0 Å². The first-order chi connectivity index (χ1) is 11.3. The van der Waals surface area contributed by atoms with E-state index in [0.29, 0.717) is 6.42 Å². The summed E-state index contributed by atoms with van der Waals surface area (Å²) in [6.07, 6.45) is 6.67. The van der Waals surface area contributed by atoms with Crippen LogP contribution < -0.4 is 0 Å². The van der Waals surface area contributed by atoms with E-state index >= 15 is 0 Å². The Kier molecular flexibility index (Phi) is 5.26. The fourth-order valence-electron chi connectivity index (χ4n) is 2.61. The summed E-state index contributed by atoms with van der Waals surface area (Å²) in [4.78, 5) is 21.9. The minimum absolute atomic E-state index is 0.00932. The van der Waals surface area contributed by atoms with Crippen LogP contribution in [-0.2, 0) is 44.7 Å². The topological polar surface area (TPSA) is 114 Å². The van der Waals surface area contributed by atoms with Gasteiger partial charge < -0.3 is 0 Å². The third kappa shape index (κ3) is 3.81. The molecule has 0 saturated carbocycles. The zero-order valence-electron chi connectivity index (χ0n) is 14.3. The van der Waals surface area contributed by atoms with Crippen molar-refractivity contribution in [1.29, 1.82) is 0 Å². The van der Waals surface area contributed by atoms with Gasteiger partial charge in [-0.2, -0.15) is 0 Å². The molecule has 0 unspecified atom stereocenters. The maximum absolute atomic E-state index is 14.5. The third-order valence-electron chi connectivity index (χ3n) is 3.98. The number of rotatable bonds is 7. The Bertz CT molecular complexity index is 875. The van der Waals surface area contributed by atoms with E-state index in [1.54, 1.807) is 36.3 Å². The van der Waals surface area contributed by atoms with E-state index in [-0.39, 0.29) is 19.8 Å². The number of nitrogens with zero attached hydrogens (tertiary/aromatic N) is 4. The summed E-state index contributed by atoms with van der Waals surface area (Å²) in [5, 5.41) is 0. The Morgan fingerprint density at radius 2 is 1.60 bits per heavy atom.